The monoisotopic (exact) mass is 437 g/mol. The highest BCUT2D eigenvalue weighted by Gasteiger charge is 2.19. The number of rotatable bonds is 7. The Bertz CT molecular complexity index is 1320. The summed E-state index contributed by atoms with van der Waals surface area (Å²) in [7, 11) is 0. The summed E-state index contributed by atoms with van der Waals surface area (Å²) in [5.41, 5.74) is 5.35. The molecule has 1 amide bonds. The number of hydrogen-bond donors (Lipinski definition) is 2. The Morgan fingerprint density at radius 3 is 2.47 bits per heavy atom. The molecule has 3 aromatic carbocycles. The van der Waals surface area contributed by atoms with Gasteiger partial charge in [-0.1, -0.05) is 78.9 Å². The van der Waals surface area contributed by atoms with E-state index in [9.17, 15) is 4.79 Å². The van der Waals surface area contributed by atoms with Crippen LogP contribution in [-0.2, 0) is 11.2 Å². The summed E-state index contributed by atoms with van der Waals surface area (Å²) in [5.74, 6) is 0.0438. The number of carbonyl (C=O) groups is 1. The summed E-state index contributed by atoms with van der Waals surface area (Å²) in [6, 6.07) is 28.7. The Hall–Kier alpha value is -3.70. The van der Waals surface area contributed by atoms with E-state index in [1.165, 1.54) is 16.5 Å². The number of fused-ring (bicyclic) bond motifs is 1. The van der Waals surface area contributed by atoms with Gasteiger partial charge in [-0.3, -0.25) is 4.79 Å². The predicted molar refractivity (Wildman–Crippen MR) is 131 cm³/mol. The number of para-hydroxylation sites is 1. The largest absolute Gasteiger partial charge is 0.361 e. The topological polar surface area (TPSA) is 57.8 Å². The second-order valence-corrected chi connectivity index (χ2v) is 8.60. The van der Waals surface area contributed by atoms with Crippen LogP contribution < -0.4 is 5.32 Å². The van der Waals surface area contributed by atoms with Crippen LogP contribution >= 0.6 is 11.3 Å². The lowest BCUT2D eigenvalue weighted by molar-refractivity contribution is -0.120. The van der Waals surface area contributed by atoms with Crippen molar-refractivity contribution in [1.82, 2.24) is 15.3 Å². The number of aromatic amines is 1. The summed E-state index contributed by atoms with van der Waals surface area (Å²) >= 11 is 1.57. The molecule has 2 heterocycles. The number of thiazole rings is 1. The van der Waals surface area contributed by atoms with Crippen molar-refractivity contribution in [2.75, 3.05) is 6.54 Å². The van der Waals surface area contributed by atoms with Crippen molar-refractivity contribution >= 4 is 28.1 Å². The molecule has 5 rings (SSSR count). The van der Waals surface area contributed by atoms with Crippen molar-refractivity contribution in [3.63, 3.8) is 0 Å². The van der Waals surface area contributed by atoms with Gasteiger partial charge in [0, 0.05) is 40.5 Å². The molecular formula is C27H23N3OS. The molecule has 2 aromatic heterocycles. The first-order valence-corrected chi connectivity index (χ1v) is 11.5. The van der Waals surface area contributed by atoms with Crippen LogP contribution in [0.2, 0.25) is 0 Å². The summed E-state index contributed by atoms with van der Waals surface area (Å²) in [4.78, 5) is 20.8. The van der Waals surface area contributed by atoms with Crippen LogP contribution in [0, 0.1) is 0 Å². The van der Waals surface area contributed by atoms with E-state index in [4.69, 9.17) is 0 Å². The molecular weight excluding hydrogens is 414 g/mol. The van der Waals surface area contributed by atoms with E-state index < -0.39 is 0 Å². The van der Waals surface area contributed by atoms with Gasteiger partial charge in [-0.05, 0) is 17.2 Å². The highest BCUT2D eigenvalue weighted by Crippen LogP contribution is 2.30. The molecule has 4 nitrogen and oxygen atoms in total. The van der Waals surface area contributed by atoms with Crippen molar-refractivity contribution in [3.05, 3.63) is 113 Å². The van der Waals surface area contributed by atoms with Crippen molar-refractivity contribution in [2.24, 2.45) is 0 Å². The zero-order chi connectivity index (χ0) is 21.8. The first-order chi connectivity index (χ1) is 15.8. The SMILES string of the molecule is O=C(Cc1csc(-c2ccccc2)n1)NC[C@H](c1ccccc1)c1c[nH]c2ccccc12. The van der Waals surface area contributed by atoms with Gasteiger partial charge in [0.2, 0.25) is 5.91 Å². The minimum atomic E-state index is -0.0179. The standard InChI is InChI=1S/C27H23N3OS/c31-26(15-21-18-32-27(30-21)20-11-5-2-6-12-20)29-16-23(19-9-3-1-4-10-19)24-17-28-25-14-8-7-13-22(24)25/h1-14,17-18,23,28H,15-16H2,(H,29,31)/t23-/m1/s1. The number of aromatic nitrogens is 2. The number of H-pyrrole nitrogens is 1. The fraction of sp³-hybridized carbons (Fsp3) is 0.111. The maximum absolute atomic E-state index is 12.8. The summed E-state index contributed by atoms with van der Waals surface area (Å²) in [6.07, 6.45) is 2.33. The van der Waals surface area contributed by atoms with E-state index in [1.54, 1.807) is 11.3 Å². The lowest BCUT2D eigenvalue weighted by Crippen LogP contribution is -2.30. The van der Waals surface area contributed by atoms with Crippen LogP contribution in [0.25, 0.3) is 21.5 Å². The molecule has 0 saturated carbocycles. The molecule has 1 atom stereocenters. The lowest BCUT2D eigenvalue weighted by atomic mass is 9.91. The summed E-state index contributed by atoms with van der Waals surface area (Å²) in [5, 5.41) is 7.23. The van der Waals surface area contributed by atoms with Crippen LogP contribution in [0.5, 0.6) is 0 Å². The molecule has 5 heteroatoms. The molecule has 0 aliphatic carbocycles. The van der Waals surface area contributed by atoms with Gasteiger partial charge in [-0.15, -0.1) is 11.3 Å². The molecule has 5 aromatic rings. The van der Waals surface area contributed by atoms with Gasteiger partial charge in [0.1, 0.15) is 5.01 Å². The van der Waals surface area contributed by atoms with E-state index in [-0.39, 0.29) is 18.2 Å². The van der Waals surface area contributed by atoms with Crippen LogP contribution in [-0.4, -0.2) is 22.4 Å². The zero-order valence-corrected chi connectivity index (χ0v) is 18.3. The van der Waals surface area contributed by atoms with E-state index in [2.05, 4.69) is 45.7 Å². The van der Waals surface area contributed by atoms with Gasteiger partial charge in [-0.25, -0.2) is 4.98 Å². The van der Waals surface area contributed by atoms with E-state index >= 15 is 0 Å². The maximum Gasteiger partial charge on any atom is 0.226 e. The van der Waals surface area contributed by atoms with Crippen molar-refractivity contribution in [2.45, 2.75) is 12.3 Å². The maximum atomic E-state index is 12.8. The average molecular weight is 438 g/mol. The number of nitrogens with zero attached hydrogens (tertiary/aromatic N) is 1. The van der Waals surface area contributed by atoms with Crippen LogP contribution in [0.15, 0.2) is 96.5 Å². The molecule has 32 heavy (non-hydrogen) atoms. The lowest BCUT2D eigenvalue weighted by Gasteiger charge is -2.18. The van der Waals surface area contributed by atoms with Gasteiger partial charge in [0.15, 0.2) is 0 Å². The molecule has 0 fully saturated rings. The number of carbonyl (C=O) groups excluding carboxylic acids is 1. The van der Waals surface area contributed by atoms with Gasteiger partial charge < -0.3 is 10.3 Å². The Kier molecular flexibility index (Phi) is 5.81. The predicted octanol–water partition coefficient (Wildman–Crippen LogP) is 5.78. The number of hydrogen-bond acceptors (Lipinski definition) is 3. The quantitative estimate of drug-likeness (QED) is 0.339. The zero-order valence-electron chi connectivity index (χ0n) is 17.5. The minimum Gasteiger partial charge on any atom is -0.361 e. The van der Waals surface area contributed by atoms with Crippen molar-refractivity contribution in [3.8, 4) is 10.6 Å². The molecule has 2 N–H and O–H groups in total. The third-order valence-electron chi connectivity index (χ3n) is 5.62. The Morgan fingerprint density at radius 1 is 0.938 bits per heavy atom. The third kappa shape index (κ3) is 4.34. The highest BCUT2D eigenvalue weighted by atomic mass is 32.1. The average Bonchev–Trinajstić information content (AvgIpc) is 3.48. The molecule has 0 radical (unpaired) electrons. The molecule has 0 spiro atoms. The molecule has 0 aliphatic heterocycles. The minimum absolute atomic E-state index is 0.0179. The Labute approximate surface area is 191 Å². The fourth-order valence-corrected chi connectivity index (χ4v) is 4.85. The normalized spacial score (nSPS) is 12.0. The van der Waals surface area contributed by atoms with E-state index in [0.717, 1.165) is 21.8 Å². The summed E-state index contributed by atoms with van der Waals surface area (Å²) < 4.78 is 0. The van der Waals surface area contributed by atoms with Crippen molar-refractivity contribution in [1.29, 1.82) is 0 Å². The van der Waals surface area contributed by atoms with Crippen molar-refractivity contribution < 1.29 is 4.79 Å². The highest BCUT2D eigenvalue weighted by molar-refractivity contribution is 7.13. The second kappa shape index (κ2) is 9.20. The van der Waals surface area contributed by atoms with E-state index in [0.29, 0.717) is 6.54 Å². The fourth-order valence-electron chi connectivity index (χ4n) is 4.02. The smallest absolute Gasteiger partial charge is 0.226 e. The molecule has 0 unspecified atom stereocenters. The number of amides is 1. The number of benzene rings is 3. The molecule has 0 aliphatic rings. The first kappa shape index (κ1) is 20.2. The van der Waals surface area contributed by atoms with Gasteiger partial charge in [-0.2, -0.15) is 0 Å². The Morgan fingerprint density at radius 2 is 1.66 bits per heavy atom. The molecule has 158 valence electrons. The van der Waals surface area contributed by atoms with Gasteiger partial charge >= 0.3 is 0 Å². The number of nitrogens with one attached hydrogen (secondary N) is 2. The Balaban J connectivity index is 1.32. The molecule has 0 bridgehead atoms. The second-order valence-electron chi connectivity index (χ2n) is 7.74. The van der Waals surface area contributed by atoms with Crippen LogP contribution in [0.1, 0.15) is 22.7 Å². The van der Waals surface area contributed by atoms with Gasteiger partial charge in [0.05, 0.1) is 12.1 Å². The third-order valence-corrected chi connectivity index (χ3v) is 6.56. The van der Waals surface area contributed by atoms with Crippen LogP contribution in [0.3, 0.4) is 0 Å². The van der Waals surface area contributed by atoms with E-state index in [1.807, 2.05) is 66.0 Å². The van der Waals surface area contributed by atoms with Crippen LogP contribution in [0.4, 0.5) is 0 Å². The summed E-state index contributed by atoms with van der Waals surface area (Å²) in [6.45, 7) is 0.528. The molecule has 0 saturated heterocycles. The first-order valence-electron chi connectivity index (χ1n) is 10.7. The van der Waals surface area contributed by atoms with Gasteiger partial charge in [0.25, 0.3) is 0 Å².